The highest BCUT2D eigenvalue weighted by atomic mass is 19.1. The van der Waals surface area contributed by atoms with Gasteiger partial charge in [0.15, 0.2) is 0 Å². The summed E-state index contributed by atoms with van der Waals surface area (Å²) in [5, 5.41) is 4.85. The van der Waals surface area contributed by atoms with E-state index in [1.165, 1.54) is 16.7 Å². The number of aromatic amines is 1. The third kappa shape index (κ3) is 3.28. The smallest absolute Gasteiger partial charge is 0.255 e. The van der Waals surface area contributed by atoms with Gasteiger partial charge >= 0.3 is 0 Å². The Bertz CT molecular complexity index is 1440. The summed E-state index contributed by atoms with van der Waals surface area (Å²) in [6.45, 7) is 0. The lowest BCUT2D eigenvalue weighted by Crippen LogP contribution is -2.22. The number of fused-ring (bicyclic) bond motifs is 2. The van der Waals surface area contributed by atoms with E-state index in [-0.39, 0.29) is 11.4 Å². The van der Waals surface area contributed by atoms with Gasteiger partial charge in [0.1, 0.15) is 17.1 Å². The highest BCUT2D eigenvalue weighted by Crippen LogP contribution is 2.20. The topological polar surface area (TPSA) is 88.5 Å². The molecule has 2 N–H and O–H groups in total. The van der Waals surface area contributed by atoms with Crippen LogP contribution in [0.3, 0.4) is 0 Å². The monoisotopic (exact) mass is 400 g/mol. The molecule has 0 aliphatic heterocycles. The molecule has 4 aromatic heterocycles. The van der Waals surface area contributed by atoms with E-state index in [2.05, 4.69) is 25.3 Å². The van der Waals surface area contributed by atoms with Gasteiger partial charge in [0.25, 0.3) is 5.56 Å². The summed E-state index contributed by atoms with van der Waals surface area (Å²) >= 11 is 0. The fraction of sp³-hybridized carbons (Fsp3) is 0.0909. The molecule has 0 saturated heterocycles. The molecular formula is C22H17FN6O. The van der Waals surface area contributed by atoms with Gasteiger partial charge in [0, 0.05) is 42.2 Å². The molecule has 0 atom stereocenters. The van der Waals surface area contributed by atoms with E-state index < -0.39 is 0 Å². The Hall–Kier alpha value is -4.07. The molecule has 0 amide bonds. The number of halogens is 1. The fourth-order valence-corrected chi connectivity index (χ4v) is 3.46. The number of benzene rings is 1. The average molecular weight is 400 g/mol. The van der Waals surface area contributed by atoms with E-state index in [4.69, 9.17) is 0 Å². The average Bonchev–Trinajstić information content (AvgIpc) is 3.22. The number of pyridine rings is 2. The maximum atomic E-state index is 13.1. The summed E-state index contributed by atoms with van der Waals surface area (Å²) in [4.78, 5) is 29.1. The van der Waals surface area contributed by atoms with E-state index in [0.29, 0.717) is 23.6 Å². The van der Waals surface area contributed by atoms with Crippen LogP contribution in [-0.2, 0) is 13.5 Å². The van der Waals surface area contributed by atoms with Crippen molar-refractivity contribution in [2.45, 2.75) is 6.42 Å². The number of hydrogen-bond acceptors (Lipinski definition) is 5. The molecule has 0 spiro atoms. The fourth-order valence-electron chi connectivity index (χ4n) is 3.46. The molecule has 7 nitrogen and oxygen atoms in total. The normalized spacial score (nSPS) is 11.3. The van der Waals surface area contributed by atoms with Crippen molar-refractivity contribution < 1.29 is 4.39 Å². The minimum Gasteiger partial charge on any atom is -0.346 e. The minimum atomic E-state index is -0.301. The summed E-state index contributed by atoms with van der Waals surface area (Å²) in [6, 6.07) is 11.8. The number of aromatic nitrogens is 5. The SMILES string of the molecule is Cn1c(=O)c(Cc2ccc(F)cc2)cc2cnc(Nc3cnc4[nH]ccc4c3)nc21. The molecule has 5 aromatic rings. The molecule has 4 heterocycles. The molecule has 0 bridgehead atoms. The van der Waals surface area contributed by atoms with Gasteiger partial charge in [-0.25, -0.2) is 14.4 Å². The highest BCUT2D eigenvalue weighted by molar-refractivity contribution is 5.80. The van der Waals surface area contributed by atoms with Gasteiger partial charge in [-0.15, -0.1) is 0 Å². The van der Waals surface area contributed by atoms with Crippen molar-refractivity contribution in [1.82, 2.24) is 24.5 Å². The van der Waals surface area contributed by atoms with Crippen LogP contribution in [0.25, 0.3) is 22.1 Å². The lowest BCUT2D eigenvalue weighted by Gasteiger charge is -2.10. The van der Waals surface area contributed by atoms with Crippen LogP contribution in [0.1, 0.15) is 11.1 Å². The molecule has 30 heavy (non-hydrogen) atoms. The number of nitrogens with one attached hydrogen (secondary N) is 2. The molecule has 1 aromatic carbocycles. The number of hydrogen-bond donors (Lipinski definition) is 2. The molecule has 0 saturated carbocycles. The van der Waals surface area contributed by atoms with E-state index in [0.717, 1.165) is 27.7 Å². The third-order valence-electron chi connectivity index (χ3n) is 4.99. The first-order valence-electron chi connectivity index (χ1n) is 9.37. The molecule has 8 heteroatoms. The van der Waals surface area contributed by atoms with Gasteiger partial charge in [-0.05, 0) is 35.9 Å². The summed E-state index contributed by atoms with van der Waals surface area (Å²) in [5.74, 6) is 0.0740. The first-order chi connectivity index (χ1) is 14.6. The predicted octanol–water partition coefficient (Wildman–Crippen LogP) is 3.68. The number of rotatable bonds is 4. The number of aryl methyl sites for hydroxylation is 1. The molecule has 0 aliphatic rings. The van der Waals surface area contributed by atoms with Gasteiger partial charge in [-0.1, -0.05) is 12.1 Å². The second kappa shape index (κ2) is 7.07. The van der Waals surface area contributed by atoms with Crippen LogP contribution in [0.15, 0.2) is 65.8 Å². The standard InChI is InChI=1S/C22H17FN6O/c1-29-20-16(9-15(21(29)30)8-13-2-4-17(23)5-3-13)11-26-22(28-20)27-18-10-14-6-7-24-19(14)25-12-18/h2-7,9-12H,8H2,1H3,(H,24,25)(H,26,27,28). The molecule has 0 radical (unpaired) electrons. The molecule has 148 valence electrons. The van der Waals surface area contributed by atoms with Crippen LogP contribution in [0.4, 0.5) is 16.0 Å². The number of anilines is 2. The number of H-pyrrole nitrogens is 1. The van der Waals surface area contributed by atoms with Crippen LogP contribution < -0.4 is 10.9 Å². The Morgan fingerprint density at radius 2 is 1.90 bits per heavy atom. The summed E-state index contributed by atoms with van der Waals surface area (Å²) < 4.78 is 14.6. The van der Waals surface area contributed by atoms with Crippen molar-refractivity contribution >= 4 is 33.7 Å². The van der Waals surface area contributed by atoms with Crippen molar-refractivity contribution in [1.29, 1.82) is 0 Å². The highest BCUT2D eigenvalue weighted by Gasteiger charge is 2.11. The van der Waals surface area contributed by atoms with Crippen LogP contribution >= 0.6 is 0 Å². The second-order valence-corrected chi connectivity index (χ2v) is 7.07. The van der Waals surface area contributed by atoms with E-state index in [1.807, 2.05) is 18.3 Å². The Morgan fingerprint density at radius 1 is 1.07 bits per heavy atom. The van der Waals surface area contributed by atoms with Crippen molar-refractivity contribution in [3.8, 4) is 0 Å². The Kier molecular flexibility index (Phi) is 4.24. The van der Waals surface area contributed by atoms with Crippen molar-refractivity contribution in [3.63, 3.8) is 0 Å². The Morgan fingerprint density at radius 3 is 2.73 bits per heavy atom. The summed E-state index contributed by atoms with van der Waals surface area (Å²) in [7, 11) is 1.68. The zero-order valence-electron chi connectivity index (χ0n) is 16.1. The lowest BCUT2D eigenvalue weighted by molar-refractivity contribution is 0.627. The summed E-state index contributed by atoms with van der Waals surface area (Å²) in [5.41, 5.74) is 3.39. The van der Waals surface area contributed by atoms with Gasteiger partial charge in [0.2, 0.25) is 5.95 Å². The predicted molar refractivity (Wildman–Crippen MR) is 113 cm³/mol. The molecular weight excluding hydrogens is 383 g/mol. The van der Waals surface area contributed by atoms with Gasteiger partial charge < -0.3 is 10.3 Å². The van der Waals surface area contributed by atoms with E-state index in [9.17, 15) is 9.18 Å². The first kappa shape index (κ1) is 18.0. The van der Waals surface area contributed by atoms with Gasteiger partial charge in [-0.3, -0.25) is 9.36 Å². The third-order valence-corrected chi connectivity index (χ3v) is 4.99. The zero-order chi connectivity index (χ0) is 20.7. The van der Waals surface area contributed by atoms with Crippen molar-refractivity contribution in [2.75, 3.05) is 5.32 Å². The summed E-state index contributed by atoms with van der Waals surface area (Å²) in [6.07, 6.45) is 5.61. The first-order valence-corrected chi connectivity index (χ1v) is 9.37. The van der Waals surface area contributed by atoms with E-state index in [1.54, 1.807) is 37.6 Å². The number of nitrogens with zero attached hydrogens (tertiary/aromatic N) is 4. The van der Waals surface area contributed by atoms with Crippen molar-refractivity contribution in [2.24, 2.45) is 7.05 Å². The van der Waals surface area contributed by atoms with Gasteiger partial charge in [0.05, 0.1) is 11.9 Å². The van der Waals surface area contributed by atoms with E-state index >= 15 is 0 Å². The van der Waals surface area contributed by atoms with Crippen LogP contribution in [0, 0.1) is 5.82 Å². The Labute approximate surface area is 170 Å². The Balaban J connectivity index is 1.49. The van der Waals surface area contributed by atoms with Gasteiger partial charge in [-0.2, -0.15) is 4.98 Å². The maximum absolute atomic E-state index is 13.1. The second-order valence-electron chi connectivity index (χ2n) is 7.07. The lowest BCUT2D eigenvalue weighted by atomic mass is 10.1. The molecule has 0 unspecified atom stereocenters. The maximum Gasteiger partial charge on any atom is 0.255 e. The molecule has 0 aliphatic carbocycles. The quantitative estimate of drug-likeness (QED) is 0.480. The van der Waals surface area contributed by atoms with Crippen LogP contribution in [-0.4, -0.2) is 24.5 Å². The minimum absolute atomic E-state index is 0.146. The zero-order valence-corrected chi connectivity index (χ0v) is 16.1. The van der Waals surface area contributed by atoms with Crippen LogP contribution in [0.2, 0.25) is 0 Å². The molecule has 5 rings (SSSR count). The largest absolute Gasteiger partial charge is 0.346 e. The van der Waals surface area contributed by atoms with Crippen molar-refractivity contribution in [3.05, 3.63) is 88.4 Å². The van der Waals surface area contributed by atoms with Crippen LogP contribution in [0.5, 0.6) is 0 Å². The molecule has 0 fully saturated rings.